The van der Waals surface area contributed by atoms with Gasteiger partial charge in [0.2, 0.25) is 0 Å². The monoisotopic (exact) mass is 264 g/mol. The summed E-state index contributed by atoms with van der Waals surface area (Å²) >= 11 is 0. The van der Waals surface area contributed by atoms with Crippen LogP contribution in [0, 0.1) is 17.8 Å². The lowest BCUT2D eigenvalue weighted by molar-refractivity contribution is 0.0142. The fourth-order valence-electron chi connectivity index (χ4n) is 4.10. The van der Waals surface area contributed by atoms with Crippen LogP contribution in [-0.2, 0) is 4.74 Å². The van der Waals surface area contributed by atoms with E-state index < -0.39 is 0 Å². The summed E-state index contributed by atoms with van der Waals surface area (Å²) in [5.41, 5.74) is 0. The molecule has 0 aromatic carbocycles. The number of hydrogen-bond acceptors (Lipinski definition) is 1. The topological polar surface area (TPSA) is 9.23 Å². The first-order chi connectivity index (χ1) is 9.33. The molecule has 2 aliphatic rings. The van der Waals surface area contributed by atoms with Gasteiger partial charge in [-0.25, -0.2) is 0 Å². The highest BCUT2D eigenvalue weighted by Crippen LogP contribution is 2.40. The van der Waals surface area contributed by atoms with Gasteiger partial charge in [0.05, 0.1) is 6.10 Å². The highest BCUT2D eigenvalue weighted by molar-refractivity contribution is 4.92. The maximum atomic E-state index is 5.77. The molecular formula is C18H32O. The molecule has 110 valence electrons. The van der Waals surface area contributed by atoms with Gasteiger partial charge in [0, 0.05) is 6.61 Å². The fourth-order valence-corrected chi connectivity index (χ4v) is 4.10. The van der Waals surface area contributed by atoms with Gasteiger partial charge in [-0.1, -0.05) is 19.1 Å². The van der Waals surface area contributed by atoms with Crippen molar-refractivity contribution in [3.05, 3.63) is 12.2 Å². The van der Waals surface area contributed by atoms with Gasteiger partial charge < -0.3 is 4.74 Å². The summed E-state index contributed by atoms with van der Waals surface area (Å²) in [6.45, 7) is 5.25. The third-order valence-corrected chi connectivity index (χ3v) is 5.25. The molecule has 2 rings (SSSR count). The second-order valence-corrected chi connectivity index (χ2v) is 6.50. The molecular weight excluding hydrogens is 232 g/mol. The summed E-state index contributed by atoms with van der Waals surface area (Å²) in [5.74, 6) is 2.91. The first-order valence-electron chi connectivity index (χ1n) is 8.61. The molecule has 0 bridgehead atoms. The van der Waals surface area contributed by atoms with E-state index in [2.05, 4.69) is 26.0 Å². The first-order valence-corrected chi connectivity index (χ1v) is 8.61. The first kappa shape index (κ1) is 15.1. The van der Waals surface area contributed by atoms with Crippen molar-refractivity contribution in [1.82, 2.24) is 0 Å². The van der Waals surface area contributed by atoms with Crippen LogP contribution in [0.2, 0.25) is 0 Å². The lowest BCUT2D eigenvalue weighted by Gasteiger charge is -2.37. The predicted molar refractivity (Wildman–Crippen MR) is 82.3 cm³/mol. The lowest BCUT2D eigenvalue weighted by atomic mass is 9.70. The number of rotatable bonds is 5. The molecule has 0 amide bonds. The van der Waals surface area contributed by atoms with Crippen molar-refractivity contribution in [2.75, 3.05) is 6.61 Å². The Balaban J connectivity index is 1.69. The molecule has 0 aromatic rings. The van der Waals surface area contributed by atoms with Gasteiger partial charge in [0.25, 0.3) is 0 Å². The van der Waals surface area contributed by atoms with Crippen molar-refractivity contribution in [2.45, 2.75) is 77.7 Å². The largest absolute Gasteiger partial charge is 0.379 e. The second kappa shape index (κ2) is 8.09. The van der Waals surface area contributed by atoms with Gasteiger partial charge >= 0.3 is 0 Å². The smallest absolute Gasteiger partial charge is 0.0575 e. The Morgan fingerprint density at radius 1 is 0.842 bits per heavy atom. The van der Waals surface area contributed by atoms with E-state index in [4.69, 9.17) is 4.74 Å². The minimum absolute atomic E-state index is 0.574. The Labute approximate surface area is 119 Å². The third kappa shape index (κ3) is 4.63. The number of hydrogen-bond donors (Lipinski definition) is 0. The lowest BCUT2D eigenvalue weighted by Crippen LogP contribution is -2.28. The van der Waals surface area contributed by atoms with Gasteiger partial charge in [0.1, 0.15) is 0 Å². The molecule has 2 saturated carbocycles. The standard InChI is InChI=1S/C18H32O/c1-3-5-6-15-7-9-16(10-8-15)17-11-13-18(14-12-17)19-4-2/h5-6,15-18H,3-4,7-14H2,1-2H3/b6-5+/t15-,16-,17-,18-. The van der Waals surface area contributed by atoms with Crippen LogP contribution in [0.1, 0.15) is 71.6 Å². The number of allylic oxidation sites excluding steroid dienone is 2. The summed E-state index contributed by atoms with van der Waals surface area (Å²) in [6.07, 6.45) is 17.9. The molecule has 0 spiro atoms. The van der Waals surface area contributed by atoms with E-state index >= 15 is 0 Å². The normalized spacial score (nSPS) is 36.7. The van der Waals surface area contributed by atoms with Gasteiger partial charge in [-0.15, -0.1) is 0 Å². The molecule has 1 heteroatoms. The predicted octanol–water partition coefficient (Wildman–Crippen LogP) is 5.35. The Morgan fingerprint density at radius 3 is 1.95 bits per heavy atom. The zero-order chi connectivity index (χ0) is 13.5. The van der Waals surface area contributed by atoms with Crippen molar-refractivity contribution in [1.29, 1.82) is 0 Å². The van der Waals surface area contributed by atoms with E-state index in [1.54, 1.807) is 0 Å². The molecule has 0 radical (unpaired) electrons. The van der Waals surface area contributed by atoms with E-state index in [1.165, 1.54) is 57.8 Å². The Hall–Kier alpha value is -0.300. The molecule has 0 unspecified atom stereocenters. The van der Waals surface area contributed by atoms with Crippen molar-refractivity contribution in [3.63, 3.8) is 0 Å². The van der Waals surface area contributed by atoms with E-state index in [0.29, 0.717) is 6.10 Å². The van der Waals surface area contributed by atoms with E-state index in [9.17, 15) is 0 Å². The molecule has 19 heavy (non-hydrogen) atoms. The Bertz CT molecular complexity index is 255. The van der Waals surface area contributed by atoms with E-state index in [0.717, 1.165) is 24.4 Å². The van der Waals surface area contributed by atoms with Crippen molar-refractivity contribution >= 4 is 0 Å². The van der Waals surface area contributed by atoms with Gasteiger partial charge in [-0.05, 0) is 82.5 Å². The van der Waals surface area contributed by atoms with Crippen LogP contribution in [-0.4, -0.2) is 12.7 Å². The van der Waals surface area contributed by atoms with Gasteiger partial charge in [-0.2, -0.15) is 0 Å². The summed E-state index contributed by atoms with van der Waals surface area (Å²) in [5, 5.41) is 0. The minimum atomic E-state index is 0.574. The summed E-state index contributed by atoms with van der Waals surface area (Å²) < 4.78 is 5.77. The average molecular weight is 264 g/mol. The third-order valence-electron chi connectivity index (χ3n) is 5.25. The summed E-state index contributed by atoms with van der Waals surface area (Å²) in [7, 11) is 0. The fraction of sp³-hybridized carbons (Fsp3) is 0.889. The van der Waals surface area contributed by atoms with Crippen LogP contribution in [0.25, 0.3) is 0 Å². The van der Waals surface area contributed by atoms with Crippen molar-refractivity contribution in [3.8, 4) is 0 Å². The van der Waals surface area contributed by atoms with E-state index in [-0.39, 0.29) is 0 Å². The van der Waals surface area contributed by atoms with Crippen LogP contribution in [0.4, 0.5) is 0 Å². The molecule has 0 atom stereocenters. The Kier molecular flexibility index (Phi) is 6.43. The summed E-state index contributed by atoms with van der Waals surface area (Å²) in [6, 6.07) is 0. The highest BCUT2D eigenvalue weighted by Gasteiger charge is 2.30. The number of ether oxygens (including phenoxy) is 1. The van der Waals surface area contributed by atoms with E-state index in [1.807, 2.05) is 0 Å². The van der Waals surface area contributed by atoms with Crippen LogP contribution < -0.4 is 0 Å². The molecule has 0 aliphatic heterocycles. The SMILES string of the molecule is CC/C=C/[C@H]1CC[C@H]([C@H]2CC[C@H](OCC)CC2)CC1. The zero-order valence-electron chi connectivity index (χ0n) is 12.9. The average Bonchev–Trinajstić information content (AvgIpc) is 2.47. The van der Waals surface area contributed by atoms with Crippen LogP contribution in [0.5, 0.6) is 0 Å². The molecule has 0 saturated heterocycles. The molecule has 2 aliphatic carbocycles. The Morgan fingerprint density at radius 2 is 1.42 bits per heavy atom. The van der Waals surface area contributed by atoms with Gasteiger partial charge in [0.15, 0.2) is 0 Å². The highest BCUT2D eigenvalue weighted by atomic mass is 16.5. The molecule has 0 aromatic heterocycles. The maximum Gasteiger partial charge on any atom is 0.0575 e. The maximum absolute atomic E-state index is 5.77. The van der Waals surface area contributed by atoms with Crippen LogP contribution in [0.15, 0.2) is 12.2 Å². The molecule has 0 heterocycles. The minimum Gasteiger partial charge on any atom is -0.379 e. The molecule has 0 N–H and O–H groups in total. The molecule has 1 nitrogen and oxygen atoms in total. The summed E-state index contributed by atoms with van der Waals surface area (Å²) in [4.78, 5) is 0. The van der Waals surface area contributed by atoms with Gasteiger partial charge in [-0.3, -0.25) is 0 Å². The quantitative estimate of drug-likeness (QED) is 0.608. The van der Waals surface area contributed by atoms with Crippen LogP contribution >= 0.6 is 0 Å². The second-order valence-electron chi connectivity index (χ2n) is 6.50. The van der Waals surface area contributed by atoms with Crippen molar-refractivity contribution < 1.29 is 4.74 Å². The van der Waals surface area contributed by atoms with Crippen LogP contribution in [0.3, 0.4) is 0 Å². The van der Waals surface area contributed by atoms with Crippen molar-refractivity contribution in [2.24, 2.45) is 17.8 Å². The molecule has 2 fully saturated rings. The zero-order valence-corrected chi connectivity index (χ0v) is 12.9.